The lowest BCUT2D eigenvalue weighted by Crippen LogP contribution is -2.05. The van der Waals surface area contributed by atoms with Crippen molar-refractivity contribution in [1.82, 2.24) is 9.97 Å². The molecule has 0 atom stereocenters. The van der Waals surface area contributed by atoms with E-state index in [0.717, 1.165) is 29.9 Å². The van der Waals surface area contributed by atoms with Crippen LogP contribution in [-0.4, -0.2) is 9.97 Å². The van der Waals surface area contributed by atoms with Gasteiger partial charge in [-0.1, -0.05) is 25.4 Å². The SMILES string of the molecule is CCC(CC)c1nc(C)c(C)c(Cl)n1. The van der Waals surface area contributed by atoms with Crippen molar-refractivity contribution in [1.29, 1.82) is 0 Å². The van der Waals surface area contributed by atoms with E-state index in [-0.39, 0.29) is 0 Å². The van der Waals surface area contributed by atoms with E-state index in [4.69, 9.17) is 11.6 Å². The summed E-state index contributed by atoms with van der Waals surface area (Å²) < 4.78 is 0. The van der Waals surface area contributed by atoms with Crippen LogP contribution in [0, 0.1) is 13.8 Å². The van der Waals surface area contributed by atoms with Crippen molar-refractivity contribution in [2.75, 3.05) is 0 Å². The highest BCUT2D eigenvalue weighted by Crippen LogP contribution is 2.23. The first-order valence-corrected chi connectivity index (χ1v) is 5.48. The maximum atomic E-state index is 6.03. The Morgan fingerprint density at radius 1 is 1.14 bits per heavy atom. The number of aryl methyl sites for hydroxylation is 1. The maximum Gasteiger partial charge on any atom is 0.135 e. The molecule has 14 heavy (non-hydrogen) atoms. The third-order valence-electron chi connectivity index (χ3n) is 2.70. The van der Waals surface area contributed by atoms with E-state index in [1.807, 2.05) is 13.8 Å². The molecule has 1 rings (SSSR count). The van der Waals surface area contributed by atoms with Crippen LogP contribution >= 0.6 is 11.6 Å². The summed E-state index contributed by atoms with van der Waals surface area (Å²) in [5.41, 5.74) is 1.98. The molecule has 1 aromatic rings. The number of aromatic nitrogens is 2. The van der Waals surface area contributed by atoms with Crippen LogP contribution < -0.4 is 0 Å². The van der Waals surface area contributed by atoms with E-state index >= 15 is 0 Å². The number of hydrogen-bond donors (Lipinski definition) is 0. The highest BCUT2D eigenvalue weighted by molar-refractivity contribution is 6.30. The first-order chi connectivity index (χ1) is 6.60. The Morgan fingerprint density at radius 3 is 2.14 bits per heavy atom. The number of nitrogens with zero attached hydrogens (tertiary/aromatic N) is 2. The molecule has 0 fully saturated rings. The van der Waals surface area contributed by atoms with E-state index in [0.29, 0.717) is 11.1 Å². The molecule has 0 saturated carbocycles. The van der Waals surface area contributed by atoms with Gasteiger partial charge in [0.1, 0.15) is 11.0 Å². The molecule has 1 heterocycles. The Morgan fingerprint density at radius 2 is 1.71 bits per heavy atom. The minimum absolute atomic E-state index is 0.437. The van der Waals surface area contributed by atoms with Gasteiger partial charge in [-0.3, -0.25) is 0 Å². The van der Waals surface area contributed by atoms with Gasteiger partial charge >= 0.3 is 0 Å². The van der Waals surface area contributed by atoms with E-state index in [2.05, 4.69) is 23.8 Å². The summed E-state index contributed by atoms with van der Waals surface area (Å²) >= 11 is 6.03. The molecule has 0 aliphatic heterocycles. The average Bonchev–Trinajstić information content (AvgIpc) is 2.16. The molecule has 78 valence electrons. The molecule has 1 aromatic heterocycles. The molecule has 0 aliphatic carbocycles. The van der Waals surface area contributed by atoms with E-state index in [1.165, 1.54) is 0 Å². The fourth-order valence-corrected chi connectivity index (χ4v) is 1.67. The van der Waals surface area contributed by atoms with E-state index < -0.39 is 0 Å². The molecular weight excluding hydrogens is 196 g/mol. The van der Waals surface area contributed by atoms with Gasteiger partial charge in [-0.15, -0.1) is 0 Å². The minimum Gasteiger partial charge on any atom is -0.238 e. The van der Waals surface area contributed by atoms with Gasteiger partial charge in [0.2, 0.25) is 0 Å². The molecule has 0 radical (unpaired) electrons. The molecular formula is C11H17ClN2. The normalized spacial score (nSPS) is 11.0. The molecule has 0 spiro atoms. The van der Waals surface area contributed by atoms with Gasteiger partial charge in [-0.05, 0) is 26.7 Å². The van der Waals surface area contributed by atoms with Crippen molar-refractivity contribution < 1.29 is 0 Å². The second-order valence-corrected chi connectivity index (χ2v) is 3.95. The van der Waals surface area contributed by atoms with Gasteiger partial charge in [0.25, 0.3) is 0 Å². The van der Waals surface area contributed by atoms with Crippen molar-refractivity contribution >= 4 is 11.6 Å². The fourth-order valence-electron chi connectivity index (χ4n) is 1.45. The van der Waals surface area contributed by atoms with Crippen molar-refractivity contribution in [2.24, 2.45) is 0 Å². The quantitative estimate of drug-likeness (QED) is 0.715. The zero-order valence-corrected chi connectivity index (χ0v) is 10.0. The summed E-state index contributed by atoms with van der Waals surface area (Å²) in [6, 6.07) is 0. The van der Waals surface area contributed by atoms with Gasteiger partial charge in [0.15, 0.2) is 0 Å². The van der Waals surface area contributed by atoms with Crippen LogP contribution in [0.4, 0.5) is 0 Å². The monoisotopic (exact) mass is 212 g/mol. The number of hydrogen-bond acceptors (Lipinski definition) is 2. The predicted octanol–water partition coefficient (Wildman–Crippen LogP) is 3.65. The van der Waals surface area contributed by atoms with Crippen LogP contribution in [0.5, 0.6) is 0 Å². The zero-order valence-electron chi connectivity index (χ0n) is 9.26. The molecule has 0 bridgehead atoms. The Bertz CT molecular complexity index is 296. The van der Waals surface area contributed by atoms with E-state index in [1.54, 1.807) is 0 Å². The largest absolute Gasteiger partial charge is 0.238 e. The first-order valence-electron chi connectivity index (χ1n) is 5.10. The van der Waals surface area contributed by atoms with Crippen LogP contribution in [0.3, 0.4) is 0 Å². The second kappa shape index (κ2) is 4.74. The average molecular weight is 213 g/mol. The van der Waals surface area contributed by atoms with Crippen LogP contribution in [0.25, 0.3) is 0 Å². The molecule has 0 saturated heterocycles. The predicted molar refractivity (Wildman–Crippen MR) is 59.8 cm³/mol. The summed E-state index contributed by atoms with van der Waals surface area (Å²) in [6.07, 6.45) is 2.13. The third kappa shape index (κ3) is 2.24. The lowest BCUT2D eigenvalue weighted by molar-refractivity contribution is 0.598. The lowest BCUT2D eigenvalue weighted by Gasteiger charge is -2.12. The maximum absolute atomic E-state index is 6.03. The molecule has 0 N–H and O–H groups in total. The van der Waals surface area contributed by atoms with Crippen molar-refractivity contribution in [3.8, 4) is 0 Å². The number of rotatable bonds is 3. The molecule has 0 aliphatic rings. The minimum atomic E-state index is 0.437. The summed E-state index contributed by atoms with van der Waals surface area (Å²) in [7, 11) is 0. The molecule has 2 nitrogen and oxygen atoms in total. The van der Waals surface area contributed by atoms with Gasteiger partial charge < -0.3 is 0 Å². The van der Waals surface area contributed by atoms with Crippen molar-refractivity contribution in [2.45, 2.75) is 46.5 Å². The van der Waals surface area contributed by atoms with Crippen LogP contribution in [-0.2, 0) is 0 Å². The lowest BCUT2D eigenvalue weighted by atomic mass is 10.0. The van der Waals surface area contributed by atoms with Gasteiger partial charge in [-0.2, -0.15) is 0 Å². The summed E-state index contributed by atoms with van der Waals surface area (Å²) in [4.78, 5) is 8.81. The highest BCUT2D eigenvalue weighted by Gasteiger charge is 2.13. The Labute approximate surface area is 90.7 Å². The van der Waals surface area contributed by atoms with Crippen molar-refractivity contribution in [3.05, 3.63) is 22.2 Å². The summed E-state index contributed by atoms with van der Waals surface area (Å²) in [5, 5.41) is 0.597. The fraction of sp³-hybridized carbons (Fsp3) is 0.636. The molecule has 3 heteroatoms. The van der Waals surface area contributed by atoms with Crippen LogP contribution in [0.2, 0.25) is 5.15 Å². The third-order valence-corrected chi connectivity index (χ3v) is 3.07. The van der Waals surface area contributed by atoms with Gasteiger partial charge in [0.05, 0.1) is 0 Å². The van der Waals surface area contributed by atoms with Gasteiger partial charge in [0, 0.05) is 17.2 Å². The second-order valence-electron chi connectivity index (χ2n) is 3.60. The van der Waals surface area contributed by atoms with Gasteiger partial charge in [-0.25, -0.2) is 9.97 Å². The van der Waals surface area contributed by atoms with Crippen LogP contribution in [0.15, 0.2) is 0 Å². The number of halogens is 1. The summed E-state index contributed by atoms with van der Waals surface area (Å²) in [6.45, 7) is 8.24. The van der Waals surface area contributed by atoms with E-state index in [9.17, 15) is 0 Å². The Kier molecular flexibility index (Phi) is 3.87. The zero-order chi connectivity index (χ0) is 10.7. The molecule has 0 aromatic carbocycles. The summed E-state index contributed by atoms with van der Waals surface area (Å²) in [5.74, 6) is 1.33. The topological polar surface area (TPSA) is 25.8 Å². The van der Waals surface area contributed by atoms with Crippen molar-refractivity contribution in [3.63, 3.8) is 0 Å². The Hall–Kier alpha value is -0.630. The standard InChI is InChI=1S/C11H17ClN2/c1-5-9(6-2)11-13-8(4)7(3)10(12)14-11/h9H,5-6H2,1-4H3. The molecule has 0 amide bonds. The smallest absolute Gasteiger partial charge is 0.135 e. The van der Waals surface area contributed by atoms with Crippen LogP contribution in [0.1, 0.15) is 49.7 Å². The highest BCUT2D eigenvalue weighted by atomic mass is 35.5. The Balaban J connectivity index is 3.11. The molecule has 0 unspecified atom stereocenters. The first kappa shape index (κ1) is 11.4.